The Bertz CT molecular complexity index is 520. The number of carboxylic acids is 1. The van der Waals surface area contributed by atoms with Gasteiger partial charge in [-0.3, -0.25) is 4.79 Å². The van der Waals surface area contributed by atoms with Crippen molar-refractivity contribution in [3.63, 3.8) is 0 Å². The summed E-state index contributed by atoms with van der Waals surface area (Å²) in [6.07, 6.45) is 3.36. The maximum Gasteiger partial charge on any atom is 0.317 e. The van der Waals surface area contributed by atoms with Crippen molar-refractivity contribution < 1.29 is 23.1 Å². The van der Waals surface area contributed by atoms with Crippen LogP contribution in [0, 0.1) is 5.92 Å². The van der Waals surface area contributed by atoms with Crippen LogP contribution < -0.4 is 5.32 Å². The molecular formula is C13H23N3O5S. The number of carbonyl (C=O) groups excluding carboxylic acids is 1. The minimum Gasteiger partial charge on any atom is -0.481 e. The summed E-state index contributed by atoms with van der Waals surface area (Å²) in [5.41, 5.74) is 0. The highest BCUT2D eigenvalue weighted by molar-refractivity contribution is 7.88. The van der Waals surface area contributed by atoms with Crippen LogP contribution >= 0.6 is 0 Å². The first-order valence-electron chi connectivity index (χ1n) is 7.50. The first kappa shape index (κ1) is 17.0. The summed E-state index contributed by atoms with van der Waals surface area (Å²) in [7, 11) is -3.16. The Hall–Kier alpha value is -1.35. The number of hydrogen-bond donors (Lipinski definition) is 2. The van der Waals surface area contributed by atoms with E-state index in [4.69, 9.17) is 5.11 Å². The molecule has 0 atom stereocenters. The minimum atomic E-state index is -3.16. The molecule has 0 aromatic carbocycles. The van der Waals surface area contributed by atoms with Crippen LogP contribution in [0.4, 0.5) is 4.79 Å². The lowest BCUT2D eigenvalue weighted by atomic mass is 9.97. The van der Waals surface area contributed by atoms with Gasteiger partial charge in [0.1, 0.15) is 0 Å². The third-order valence-electron chi connectivity index (χ3n) is 4.38. The molecule has 2 aliphatic heterocycles. The number of aliphatic carboxylic acids is 1. The molecule has 22 heavy (non-hydrogen) atoms. The lowest BCUT2D eigenvalue weighted by Gasteiger charge is -2.34. The fourth-order valence-electron chi connectivity index (χ4n) is 2.93. The number of piperidine rings is 2. The van der Waals surface area contributed by atoms with Gasteiger partial charge >= 0.3 is 12.0 Å². The van der Waals surface area contributed by atoms with E-state index in [-0.39, 0.29) is 18.0 Å². The van der Waals surface area contributed by atoms with Gasteiger partial charge in [0.05, 0.1) is 12.2 Å². The molecule has 9 heteroatoms. The van der Waals surface area contributed by atoms with Crippen LogP contribution in [0.2, 0.25) is 0 Å². The highest BCUT2D eigenvalue weighted by atomic mass is 32.2. The maximum absolute atomic E-state index is 12.2. The monoisotopic (exact) mass is 333 g/mol. The molecule has 2 saturated heterocycles. The van der Waals surface area contributed by atoms with Gasteiger partial charge in [0.25, 0.3) is 0 Å². The maximum atomic E-state index is 12.2. The second-order valence-corrected chi connectivity index (χ2v) is 7.97. The van der Waals surface area contributed by atoms with Gasteiger partial charge in [-0.1, -0.05) is 0 Å². The van der Waals surface area contributed by atoms with Crippen molar-refractivity contribution in [1.29, 1.82) is 0 Å². The zero-order valence-electron chi connectivity index (χ0n) is 12.7. The van der Waals surface area contributed by atoms with Crippen LogP contribution in [-0.4, -0.2) is 73.2 Å². The summed E-state index contributed by atoms with van der Waals surface area (Å²) in [6, 6.07) is -0.204. The molecule has 2 fully saturated rings. The van der Waals surface area contributed by atoms with Crippen LogP contribution in [0.1, 0.15) is 25.7 Å². The largest absolute Gasteiger partial charge is 0.481 e. The highest BCUT2D eigenvalue weighted by Gasteiger charge is 2.30. The van der Waals surface area contributed by atoms with Crippen LogP contribution in [0.5, 0.6) is 0 Å². The van der Waals surface area contributed by atoms with E-state index in [1.165, 1.54) is 10.6 Å². The Morgan fingerprint density at radius 1 is 1.05 bits per heavy atom. The van der Waals surface area contributed by atoms with E-state index in [2.05, 4.69) is 5.32 Å². The number of nitrogens with zero attached hydrogens (tertiary/aromatic N) is 2. The molecule has 0 unspecified atom stereocenters. The van der Waals surface area contributed by atoms with Gasteiger partial charge in [0.2, 0.25) is 10.0 Å². The Balaban J connectivity index is 1.76. The quantitative estimate of drug-likeness (QED) is 0.751. The number of urea groups is 1. The molecule has 0 radical (unpaired) electrons. The number of amides is 2. The molecular weight excluding hydrogens is 310 g/mol. The topological polar surface area (TPSA) is 107 Å². The van der Waals surface area contributed by atoms with E-state index in [9.17, 15) is 18.0 Å². The Morgan fingerprint density at radius 3 is 2.05 bits per heavy atom. The number of carbonyl (C=O) groups is 2. The van der Waals surface area contributed by atoms with Crippen molar-refractivity contribution in [3.8, 4) is 0 Å². The third-order valence-corrected chi connectivity index (χ3v) is 5.69. The number of hydrogen-bond acceptors (Lipinski definition) is 4. The lowest BCUT2D eigenvalue weighted by molar-refractivity contribution is -0.143. The zero-order valence-corrected chi connectivity index (χ0v) is 13.5. The molecule has 0 aromatic rings. The molecule has 2 N–H and O–H groups in total. The molecule has 0 aromatic heterocycles. The van der Waals surface area contributed by atoms with E-state index in [1.54, 1.807) is 4.90 Å². The van der Waals surface area contributed by atoms with E-state index < -0.39 is 16.0 Å². The van der Waals surface area contributed by atoms with Crippen LogP contribution in [0.15, 0.2) is 0 Å². The predicted molar refractivity (Wildman–Crippen MR) is 79.9 cm³/mol. The van der Waals surface area contributed by atoms with E-state index in [0.717, 1.165) is 0 Å². The molecule has 126 valence electrons. The van der Waals surface area contributed by atoms with Gasteiger partial charge in [-0.2, -0.15) is 0 Å². The number of sulfonamides is 1. The van der Waals surface area contributed by atoms with Gasteiger partial charge in [-0.15, -0.1) is 0 Å². The first-order valence-corrected chi connectivity index (χ1v) is 9.35. The smallest absolute Gasteiger partial charge is 0.317 e. The van der Waals surface area contributed by atoms with Gasteiger partial charge < -0.3 is 15.3 Å². The molecule has 0 aliphatic carbocycles. The van der Waals surface area contributed by atoms with E-state index in [0.29, 0.717) is 51.9 Å². The average molecular weight is 333 g/mol. The molecule has 0 spiro atoms. The van der Waals surface area contributed by atoms with Crippen molar-refractivity contribution in [3.05, 3.63) is 0 Å². The minimum absolute atomic E-state index is 0.0253. The van der Waals surface area contributed by atoms with Crippen molar-refractivity contribution in [1.82, 2.24) is 14.5 Å². The number of likely N-dealkylation sites (tertiary alicyclic amines) is 1. The summed E-state index contributed by atoms with van der Waals surface area (Å²) in [5.74, 6) is -1.16. The van der Waals surface area contributed by atoms with Crippen molar-refractivity contribution in [2.45, 2.75) is 31.7 Å². The molecule has 2 rings (SSSR count). The summed E-state index contributed by atoms with van der Waals surface area (Å²) in [4.78, 5) is 24.7. The van der Waals surface area contributed by atoms with Gasteiger partial charge in [-0.05, 0) is 25.7 Å². The molecule has 2 aliphatic rings. The number of nitrogens with one attached hydrogen (secondary N) is 1. The summed E-state index contributed by atoms with van der Waals surface area (Å²) < 4.78 is 24.3. The Labute approximate surface area is 130 Å². The zero-order chi connectivity index (χ0) is 16.3. The molecule has 2 heterocycles. The Morgan fingerprint density at radius 2 is 1.59 bits per heavy atom. The predicted octanol–water partition coefficient (Wildman–Crippen LogP) is -0.0834. The standard InChI is InChI=1S/C13H23N3O5S/c1-22(20,21)16-8-4-11(5-9-16)14-13(19)15-6-2-10(3-7-15)12(17)18/h10-11H,2-9H2,1H3,(H,14,19)(H,17,18). The summed E-state index contributed by atoms with van der Waals surface area (Å²) in [5, 5.41) is 11.9. The Kier molecular flexibility index (Phi) is 5.28. The average Bonchev–Trinajstić information content (AvgIpc) is 2.47. The van der Waals surface area contributed by atoms with Gasteiger partial charge in [-0.25, -0.2) is 17.5 Å². The van der Waals surface area contributed by atoms with Crippen LogP contribution in [0.25, 0.3) is 0 Å². The first-order chi connectivity index (χ1) is 10.3. The van der Waals surface area contributed by atoms with Crippen LogP contribution in [-0.2, 0) is 14.8 Å². The fourth-order valence-corrected chi connectivity index (χ4v) is 3.80. The normalized spacial score (nSPS) is 22.5. The van der Waals surface area contributed by atoms with Gasteiger partial charge in [0.15, 0.2) is 0 Å². The number of rotatable bonds is 3. The van der Waals surface area contributed by atoms with Crippen molar-refractivity contribution >= 4 is 22.0 Å². The van der Waals surface area contributed by atoms with E-state index >= 15 is 0 Å². The second kappa shape index (κ2) is 6.82. The molecule has 8 nitrogen and oxygen atoms in total. The highest BCUT2D eigenvalue weighted by Crippen LogP contribution is 2.18. The van der Waals surface area contributed by atoms with Crippen LogP contribution in [0.3, 0.4) is 0 Å². The van der Waals surface area contributed by atoms with Crippen molar-refractivity contribution in [2.75, 3.05) is 32.4 Å². The molecule has 0 bridgehead atoms. The third kappa shape index (κ3) is 4.33. The molecule has 0 saturated carbocycles. The summed E-state index contributed by atoms with van der Waals surface area (Å²) in [6.45, 7) is 1.74. The van der Waals surface area contributed by atoms with E-state index in [1.807, 2.05) is 0 Å². The second-order valence-electron chi connectivity index (χ2n) is 5.99. The van der Waals surface area contributed by atoms with Gasteiger partial charge in [0, 0.05) is 32.2 Å². The summed E-state index contributed by atoms with van der Waals surface area (Å²) >= 11 is 0. The number of carboxylic acid groups (broad SMARTS) is 1. The SMILES string of the molecule is CS(=O)(=O)N1CCC(NC(=O)N2CCC(C(=O)O)CC2)CC1. The lowest BCUT2D eigenvalue weighted by Crippen LogP contribution is -2.51. The molecule has 2 amide bonds. The fraction of sp³-hybridized carbons (Fsp3) is 0.846. The van der Waals surface area contributed by atoms with Crippen molar-refractivity contribution in [2.24, 2.45) is 5.92 Å².